The van der Waals surface area contributed by atoms with Gasteiger partial charge in [0.05, 0.1) is 12.1 Å². The maximum absolute atomic E-state index is 13.1. The predicted molar refractivity (Wildman–Crippen MR) is 97.5 cm³/mol. The van der Waals surface area contributed by atoms with Gasteiger partial charge in [-0.2, -0.15) is 0 Å². The SMILES string of the molecule is COc1ccc(/C=C/C(=O)NO)cc1OCC(=O)Nc1ccc(F)c(Cl)c1. The molecule has 0 saturated heterocycles. The van der Waals surface area contributed by atoms with E-state index in [-0.39, 0.29) is 17.4 Å². The Balaban J connectivity index is 2.04. The molecule has 2 aromatic rings. The molecule has 27 heavy (non-hydrogen) atoms. The number of benzene rings is 2. The summed E-state index contributed by atoms with van der Waals surface area (Å²) in [5, 5.41) is 10.9. The molecule has 0 fully saturated rings. The van der Waals surface area contributed by atoms with Crippen molar-refractivity contribution in [3.63, 3.8) is 0 Å². The first-order valence-corrected chi connectivity index (χ1v) is 7.98. The van der Waals surface area contributed by atoms with Gasteiger partial charge in [0.15, 0.2) is 18.1 Å². The van der Waals surface area contributed by atoms with Crippen LogP contribution in [0, 0.1) is 5.82 Å². The number of anilines is 1. The number of carbonyl (C=O) groups excluding carboxylic acids is 2. The molecule has 0 aromatic heterocycles. The highest BCUT2D eigenvalue weighted by molar-refractivity contribution is 6.31. The smallest absolute Gasteiger partial charge is 0.267 e. The van der Waals surface area contributed by atoms with Crippen molar-refractivity contribution in [3.8, 4) is 11.5 Å². The molecule has 2 rings (SSSR count). The van der Waals surface area contributed by atoms with Gasteiger partial charge in [0.1, 0.15) is 5.82 Å². The number of nitrogens with one attached hydrogen (secondary N) is 2. The monoisotopic (exact) mass is 394 g/mol. The van der Waals surface area contributed by atoms with Crippen LogP contribution in [0.3, 0.4) is 0 Å². The zero-order chi connectivity index (χ0) is 19.8. The third-order valence-corrected chi connectivity index (χ3v) is 3.58. The molecule has 7 nitrogen and oxygen atoms in total. The highest BCUT2D eigenvalue weighted by Gasteiger charge is 2.10. The van der Waals surface area contributed by atoms with E-state index < -0.39 is 17.6 Å². The van der Waals surface area contributed by atoms with E-state index in [2.05, 4.69) is 5.32 Å². The number of rotatable bonds is 7. The van der Waals surface area contributed by atoms with E-state index in [1.54, 1.807) is 18.2 Å². The van der Waals surface area contributed by atoms with Crippen LogP contribution in [0.25, 0.3) is 6.08 Å². The number of hydroxylamine groups is 1. The summed E-state index contributed by atoms with van der Waals surface area (Å²) >= 11 is 5.67. The first-order valence-electron chi connectivity index (χ1n) is 7.61. The summed E-state index contributed by atoms with van der Waals surface area (Å²) in [6.07, 6.45) is 2.56. The number of halogens is 2. The van der Waals surface area contributed by atoms with Crippen molar-refractivity contribution in [2.45, 2.75) is 0 Å². The summed E-state index contributed by atoms with van der Waals surface area (Å²) in [6.45, 7) is -0.338. The minimum atomic E-state index is -0.689. The van der Waals surface area contributed by atoms with Gasteiger partial charge in [-0.1, -0.05) is 17.7 Å². The van der Waals surface area contributed by atoms with Gasteiger partial charge in [0.2, 0.25) is 0 Å². The molecule has 0 spiro atoms. The molecule has 0 aliphatic carbocycles. The van der Waals surface area contributed by atoms with Crippen LogP contribution in [0.4, 0.5) is 10.1 Å². The Labute approximate surface area is 159 Å². The highest BCUT2D eigenvalue weighted by atomic mass is 35.5. The number of hydrogen-bond donors (Lipinski definition) is 3. The normalized spacial score (nSPS) is 10.5. The summed E-state index contributed by atoms with van der Waals surface area (Å²) in [7, 11) is 1.44. The van der Waals surface area contributed by atoms with E-state index in [9.17, 15) is 14.0 Å². The Hall–Kier alpha value is -3.10. The lowest BCUT2D eigenvalue weighted by atomic mass is 10.2. The van der Waals surface area contributed by atoms with Crippen molar-refractivity contribution < 1.29 is 28.7 Å². The van der Waals surface area contributed by atoms with E-state index in [1.165, 1.54) is 30.8 Å². The molecule has 0 bridgehead atoms. The van der Waals surface area contributed by atoms with Gasteiger partial charge in [0.25, 0.3) is 11.8 Å². The Kier molecular flexibility index (Phi) is 7.16. The first kappa shape index (κ1) is 20.2. The molecule has 3 N–H and O–H groups in total. The molecule has 142 valence electrons. The number of amides is 2. The van der Waals surface area contributed by atoms with Crippen molar-refractivity contribution in [1.29, 1.82) is 0 Å². The summed E-state index contributed by atoms with van der Waals surface area (Å²) in [6, 6.07) is 8.61. The average molecular weight is 395 g/mol. The minimum absolute atomic E-state index is 0.109. The molecule has 2 amide bonds. The van der Waals surface area contributed by atoms with Crippen LogP contribution in [0.15, 0.2) is 42.5 Å². The largest absolute Gasteiger partial charge is 0.493 e. The van der Waals surface area contributed by atoms with Crippen molar-refractivity contribution in [2.24, 2.45) is 0 Å². The quantitative estimate of drug-likeness (QED) is 0.381. The molecule has 9 heteroatoms. The van der Waals surface area contributed by atoms with Gasteiger partial charge in [-0.05, 0) is 42.0 Å². The molecule has 0 aliphatic rings. The van der Waals surface area contributed by atoms with Crippen LogP contribution in [0.1, 0.15) is 5.56 Å². The van der Waals surface area contributed by atoms with E-state index in [0.717, 1.165) is 12.1 Å². The fourth-order valence-corrected chi connectivity index (χ4v) is 2.21. The Morgan fingerprint density at radius 1 is 1.22 bits per heavy atom. The number of hydrogen-bond acceptors (Lipinski definition) is 5. The lowest BCUT2D eigenvalue weighted by molar-refractivity contribution is -0.124. The van der Waals surface area contributed by atoms with Crippen molar-refractivity contribution in [1.82, 2.24) is 5.48 Å². The van der Waals surface area contributed by atoms with Gasteiger partial charge in [-0.15, -0.1) is 0 Å². The van der Waals surface area contributed by atoms with E-state index >= 15 is 0 Å². The molecule has 0 aliphatic heterocycles. The van der Waals surface area contributed by atoms with E-state index in [4.69, 9.17) is 26.3 Å². The Morgan fingerprint density at radius 3 is 2.67 bits per heavy atom. The average Bonchev–Trinajstić information content (AvgIpc) is 2.67. The van der Waals surface area contributed by atoms with Crippen LogP contribution in [-0.2, 0) is 9.59 Å². The second-order valence-electron chi connectivity index (χ2n) is 5.19. The van der Waals surface area contributed by atoms with Crippen LogP contribution in [-0.4, -0.2) is 30.7 Å². The fraction of sp³-hybridized carbons (Fsp3) is 0.111. The third-order valence-electron chi connectivity index (χ3n) is 3.29. The van der Waals surface area contributed by atoms with Crippen molar-refractivity contribution in [3.05, 3.63) is 58.9 Å². The van der Waals surface area contributed by atoms with Gasteiger partial charge >= 0.3 is 0 Å². The Morgan fingerprint density at radius 2 is 2.00 bits per heavy atom. The molecular formula is C18H16ClFN2O5. The van der Waals surface area contributed by atoms with Crippen LogP contribution < -0.4 is 20.3 Å². The minimum Gasteiger partial charge on any atom is -0.493 e. The van der Waals surface area contributed by atoms with Crippen LogP contribution >= 0.6 is 11.6 Å². The zero-order valence-electron chi connectivity index (χ0n) is 14.2. The lowest BCUT2D eigenvalue weighted by Gasteiger charge is -2.12. The number of carbonyl (C=O) groups is 2. The standard InChI is InChI=1S/C18H16ClFN2O5/c1-26-15-6-2-11(3-7-17(23)22-25)8-16(15)27-10-18(24)21-12-4-5-14(20)13(19)9-12/h2-9,25H,10H2,1H3,(H,21,24)(H,22,23)/b7-3+. The highest BCUT2D eigenvalue weighted by Crippen LogP contribution is 2.28. The maximum Gasteiger partial charge on any atom is 0.267 e. The van der Waals surface area contributed by atoms with Crippen LogP contribution in [0.5, 0.6) is 11.5 Å². The number of ether oxygens (including phenoxy) is 2. The first-order chi connectivity index (χ1) is 12.9. The van der Waals surface area contributed by atoms with Gasteiger partial charge < -0.3 is 14.8 Å². The van der Waals surface area contributed by atoms with E-state index in [1.807, 2.05) is 0 Å². The molecule has 0 atom stereocenters. The summed E-state index contributed by atoms with van der Waals surface area (Å²) in [4.78, 5) is 23.0. The molecular weight excluding hydrogens is 379 g/mol. The maximum atomic E-state index is 13.1. The lowest BCUT2D eigenvalue weighted by Crippen LogP contribution is -2.20. The van der Waals surface area contributed by atoms with Gasteiger partial charge in [-0.3, -0.25) is 14.8 Å². The second kappa shape index (κ2) is 9.56. The van der Waals surface area contributed by atoms with Crippen LogP contribution in [0.2, 0.25) is 5.02 Å². The van der Waals surface area contributed by atoms with Gasteiger partial charge in [-0.25, -0.2) is 9.87 Å². The zero-order valence-corrected chi connectivity index (χ0v) is 14.9. The summed E-state index contributed by atoms with van der Waals surface area (Å²) in [5.41, 5.74) is 2.39. The topological polar surface area (TPSA) is 96.9 Å². The third kappa shape index (κ3) is 5.98. The fourth-order valence-electron chi connectivity index (χ4n) is 2.03. The molecule has 2 aromatic carbocycles. The molecule has 0 saturated carbocycles. The molecule has 0 radical (unpaired) electrons. The van der Waals surface area contributed by atoms with Crippen molar-refractivity contribution >= 4 is 35.2 Å². The number of methoxy groups -OCH3 is 1. The van der Waals surface area contributed by atoms with E-state index in [0.29, 0.717) is 17.0 Å². The second-order valence-corrected chi connectivity index (χ2v) is 5.59. The molecule has 0 heterocycles. The van der Waals surface area contributed by atoms with Gasteiger partial charge in [0, 0.05) is 11.8 Å². The van der Waals surface area contributed by atoms with Crippen molar-refractivity contribution in [2.75, 3.05) is 19.0 Å². The summed E-state index contributed by atoms with van der Waals surface area (Å²) < 4.78 is 23.8. The Bertz CT molecular complexity index is 873. The predicted octanol–water partition coefficient (Wildman–Crippen LogP) is 3.02. The summed E-state index contributed by atoms with van der Waals surface area (Å²) in [5.74, 6) is -1.10. The molecule has 0 unspecified atom stereocenters.